The van der Waals surface area contributed by atoms with Gasteiger partial charge in [-0.2, -0.15) is 5.26 Å². The van der Waals surface area contributed by atoms with Crippen molar-refractivity contribution in [1.82, 2.24) is 5.32 Å². The molecule has 15 heavy (non-hydrogen) atoms. The highest BCUT2D eigenvalue weighted by molar-refractivity contribution is 7.38. The van der Waals surface area contributed by atoms with Crippen molar-refractivity contribution in [2.45, 2.75) is 52.1 Å². The van der Waals surface area contributed by atoms with E-state index >= 15 is 0 Å². The van der Waals surface area contributed by atoms with Crippen LogP contribution in [0.3, 0.4) is 0 Å². The SMILES string of the molecule is CC(C)NC(C)(C)CCC#N.OP(O)O. The van der Waals surface area contributed by atoms with Crippen LogP contribution in [0.4, 0.5) is 0 Å². The minimum Gasteiger partial charge on any atom is -0.328 e. The molecule has 0 atom stereocenters. The maximum absolute atomic E-state index is 8.39. The molecule has 5 nitrogen and oxygen atoms in total. The lowest BCUT2D eigenvalue weighted by Crippen LogP contribution is -2.43. The summed E-state index contributed by atoms with van der Waals surface area (Å²) in [6, 6.07) is 2.65. The van der Waals surface area contributed by atoms with Crippen molar-refractivity contribution in [3.8, 4) is 6.07 Å². The molecule has 0 spiro atoms. The minimum absolute atomic E-state index is 0.101. The van der Waals surface area contributed by atoms with Gasteiger partial charge in [-0.05, 0) is 20.3 Å². The summed E-state index contributed by atoms with van der Waals surface area (Å²) in [7, 11) is -2.62. The van der Waals surface area contributed by atoms with Gasteiger partial charge in [0.2, 0.25) is 0 Å². The maximum Gasteiger partial charge on any atom is 0.324 e. The second-order valence-corrected chi connectivity index (χ2v) is 4.65. The Kier molecular flexibility index (Phi) is 10.3. The molecule has 0 aliphatic heterocycles. The van der Waals surface area contributed by atoms with E-state index in [0.717, 1.165) is 6.42 Å². The third-order valence-electron chi connectivity index (χ3n) is 1.54. The van der Waals surface area contributed by atoms with E-state index in [2.05, 4.69) is 39.1 Å². The molecule has 0 saturated carbocycles. The zero-order valence-electron chi connectivity index (χ0n) is 9.73. The van der Waals surface area contributed by atoms with Gasteiger partial charge in [0.15, 0.2) is 0 Å². The molecular formula is C9H21N2O3P. The quantitative estimate of drug-likeness (QED) is 0.551. The van der Waals surface area contributed by atoms with E-state index in [9.17, 15) is 0 Å². The molecule has 4 N–H and O–H groups in total. The molecular weight excluding hydrogens is 215 g/mol. The standard InChI is InChI=1S/C9H18N2.H3O3P/c1-8(2)11-9(3,4)6-5-7-10;1-4(2)3/h8,11H,5-6H2,1-4H3;1-3H. The van der Waals surface area contributed by atoms with Crippen molar-refractivity contribution in [1.29, 1.82) is 5.26 Å². The predicted octanol–water partition coefficient (Wildman–Crippen LogP) is 1.26. The number of rotatable bonds is 4. The summed E-state index contributed by atoms with van der Waals surface area (Å²) in [5.74, 6) is 0. The van der Waals surface area contributed by atoms with E-state index in [1.807, 2.05) is 0 Å². The van der Waals surface area contributed by atoms with Crippen LogP contribution in [-0.4, -0.2) is 26.3 Å². The van der Waals surface area contributed by atoms with Crippen molar-refractivity contribution < 1.29 is 14.7 Å². The highest BCUT2D eigenvalue weighted by atomic mass is 31.2. The first-order chi connectivity index (χ1) is 6.71. The first-order valence-corrected chi connectivity index (χ1v) is 5.92. The molecule has 0 radical (unpaired) electrons. The topological polar surface area (TPSA) is 96.5 Å². The van der Waals surface area contributed by atoms with Gasteiger partial charge in [-0.25, -0.2) is 0 Å². The summed E-state index contributed by atoms with van der Waals surface area (Å²) >= 11 is 0. The number of nitrogens with one attached hydrogen (secondary N) is 1. The minimum atomic E-state index is -2.62. The lowest BCUT2D eigenvalue weighted by molar-refractivity contribution is 0.336. The smallest absolute Gasteiger partial charge is 0.324 e. The third-order valence-corrected chi connectivity index (χ3v) is 1.54. The van der Waals surface area contributed by atoms with E-state index in [0.29, 0.717) is 12.5 Å². The molecule has 90 valence electrons. The monoisotopic (exact) mass is 236 g/mol. The fourth-order valence-electron chi connectivity index (χ4n) is 1.22. The Morgan fingerprint density at radius 1 is 1.33 bits per heavy atom. The zero-order chi connectivity index (χ0) is 12.5. The molecule has 0 fully saturated rings. The molecule has 0 aromatic heterocycles. The number of nitrogens with zero attached hydrogens (tertiary/aromatic N) is 1. The number of hydrogen-bond donors (Lipinski definition) is 4. The molecule has 0 rings (SSSR count). The second kappa shape index (κ2) is 9.02. The molecule has 0 aromatic rings. The Hall–Kier alpha value is -0.240. The molecule has 0 amide bonds. The van der Waals surface area contributed by atoms with Crippen LogP contribution in [0.25, 0.3) is 0 Å². The van der Waals surface area contributed by atoms with Gasteiger partial charge in [0.05, 0.1) is 6.07 Å². The van der Waals surface area contributed by atoms with E-state index in [4.69, 9.17) is 19.9 Å². The maximum atomic E-state index is 8.39. The van der Waals surface area contributed by atoms with E-state index in [-0.39, 0.29) is 5.54 Å². The van der Waals surface area contributed by atoms with Gasteiger partial charge in [0.1, 0.15) is 0 Å². The van der Waals surface area contributed by atoms with Crippen LogP contribution < -0.4 is 5.32 Å². The summed E-state index contributed by atoms with van der Waals surface area (Å²) in [4.78, 5) is 21.7. The fourth-order valence-corrected chi connectivity index (χ4v) is 1.22. The summed E-state index contributed by atoms with van der Waals surface area (Å²) in [5, 5.41) is 11.8. The van der Waals surface area contributed by atoms with Crippen molar-refractivity contribution in [2.24, 2.45) is 0 Å². The van der Waals surface area contributed by atoms with Gasteiger partial charge < -0.3 is 20.0 Å². The molecule has 6 heteroatoms. The van der Waals surface area contributed by atoms with Crippen molar-refractivity contribution in [2.75, 3.05) is 0 Å². The molecule has 0 aliphatic carbocycles. The first-order valence-electron chi connectivity index (χ1n) is 4.72. The largest absolute Gasteiger partial charge is 0.328 e. The van der Waals surface area contributed by atoms with Crippen molar-refractivity contribution >= 4 is 8.60 Å². The van der Waals surface area contributed by atoms with Crippen LogP contribution in [0.5, 0.6) is 0 Å². The highest BCUT2D eigenvalue weighted by Crippen LogP contribution is 2.11. The van der Waals surface area contributed by atoms with E-state index in [1.165, 1.54) is 0 Å². The summed E-state index contributed by atoms with van der Waals surface area (Å²) in [5.41, 5.74) is 0.101. The predicted molar refractivity (Wildman–Crippen MR) is 60.8 cm³/mol. The molecule has 0 bridgehead atoms. The van der Waals surface area contributed by atoms with Crippen LogP contribution in [0.2, 0.25) is 0 Å². The lowest BCUT2D eigenvalue weighted by Gasteiger charge is -2.27. The molecule has 0 heterocycles. The summed E-state index contributed by atoms with van der Waals surface area (Å²) < 4.78 is 0. The van der Waals surface area contributed by atoms with Crippen molar-refractivity contribution in [3.63, 3.8) is 0 Å². The zero-order valence-corrected chi connectivity index (χ0v) is 10.6. The average Bonchev–Trinajstić information content (AvgIpc) is 1.97. The van der Waals surface area contributed by atoms with Gasteiger partial charge in [-0.15, -0.1) is 0 Å². The molecule has 0 aliphatic rings. The van der Waals surface area contributed by atoms with E-state index in [1.54, 1.807) is 0 Å². The highest BCUT2D eigenvalue weighted by Gasteiger charge is 2.16. The van der Waals surface area contributed by atoms with E-state index < -0.39 is 8.60 Å². The Morgan fingerprint density at radius 3 is 2.00 bits per heavy atom. The molecule has 0 unspecified atom stereocenters. The van der Waals surface area contributed by atoms with Crippen LogP contribution in [-0.2, 0) is 0 Å². The second-order valence-electron chi connectivity index (χ2n) is 4.11. The van der Waals surface area contributed by atoms with Crippen LogP contribution in [0, 0.1) is 11.3 Å². The lowest BCUT2D eigenvalue weighted by atomic mass is 9.98. The Morgan fingerprint density at radius 2 is 1.73 bits per heavy atom. The van der Waals surface area contributed by atoms with Gasteiger partial charge in [0, 0.05) is 18.0 Å². The number of hydrogen-bond acceptors (Lipinski definition) is 5. The Bertz CT molecular complexity index is 188. The third kappa shape index (κ3) is 20.0. The number of nitriles is 1. The van der Waals surface area contributed by atoms with Gasteiger partial charge >= 0.3 is 8.60 Å². The normalized spacial score (nSPS) is 10.9. The van der Waals surface area contributed by atoms with Crippen LogP contribution in [0.15, 0.2) is 0 Å². The van der Waals surface area contributed by atoms with Crippen molar-refractivity contribution in [3.05, 3.63) is 0 Å². The Balaban J connectivity index is 0. The van der Waals surface area contributed by atoms with Crippen LogP contribution in [0.1, 0.15) is 40.5 Å². The summed E-state index contributed by atoms with van der Waals surface area (Å²) in [6.45, 7) is 8.50. The molecule has 0 saturated heterocycles. The van der Waals surface area contributed by atoms with Gasteiger partial charge in [0.25, 0.3) is 0 Å². The average molecular weight is 236 g/mol. The fraction of sp³-hybridized carbons (Fsp3) is 0.889. The van der Waals surface area contributed by atoms with Crippen LogP contribution >= 0.6 is 8.60 Å². The first kappa shape index (κ1) is 17.2. The van der Waals surface area contributed by atoms with Gasteiger partial charge in [-0.1, -0.05) is 13.8 Å². The van der Waals surface area contributed by atoms with Gasteiger partial charge in [-0.3, -0.25) is 0 Å². The Labute approximate surface area is 92.7 Å². The molecule has 0 aromatic carbocycles. The summed E-state index contributed by atoms with van der Waals surface area (Å²) in [6.07, 6.45) is 1.55.